The molecule has 0 aromatic rings. The zero-order valence-corrected chi connectivity index (χ0v) is 8.66. The molecule has 14 heavy (non-hydrogen) atoms. The molecule has 82 valence electrons. The molecule has 1 aliphatic heterocycles. The van der Waals surface area contributed by atoms with Gasteiger partial charge in [-0.15, -0.1) is 0 Å². The van der Waals surface area contributed by atoms with Gasteiger partial charge in [0, 0.05) is 6.54 Å². The fourth-order valence-corrected chi connectivity index (χ4v) is 3.11. The van der Waals surface area contributed by atoms with Gasteiger partial charge in [0.15, 0.2) is 0 Å². The lowest BCUT2D eigenvalue weighted by Crippen LogP contribution is -2.57. The first-order valence-electron chi connectivity index (χ1n) is 4.48. The van der Waals surface area contributed by atoms with Crippen LogP contribution in [0.4, 0.5) is 0 Å². The number of hydrogen-bond donors (Lipinski definition) is 2. The Bertz CT molecular complexity index is 314. The SMILES string of the molecule is NCCCS(=O)(=O)N1CCC1C(N)=O. The Labute approximate surface area is 83.3 Å². The summed E-state index contributed by atoms with van der Waals surface area (Å²) in [6.07, 6.45) is 0.932. The summed E-state index contributed by atoms with van der Waals surface area (Å²) < 4.78 is 24.3. The van der Waals surface area contributed by atoms with Crippen molar-refractivity contribution < 1.29 is 13.2 Å². The number of nitrogens with zero attached hydrogens (tertiary/aromatic N) is 1. The van der Waals surface area contributed by atoms with Crippen LogP contribution in [0.1, 0.15) is 12.8 Å². The molecule has 1 saturated heterocycles. The fraction of sp³-hybridized carbons (Fsp3) is 0.857. The summed E-state index contributed by atoms with van der Waals surface area (Å²) in [4.78, 5) is 10.8. The molecule has 1 heterocycles. The molecule has 0 radical (unpaired) electrons. The van der Waals surface area contributed by atoms with Crippen molar-refractivity contribution in [2.75, 3.05) is 18.8 Å². The largest absolute Gasteiger partial charge is 0.368 e. The molecular formula is C7H15N3O3S. The molecule has 1 atom stereocenters. The number of rotatable bonds is 5. The average Bonchev–Trinajstić information content (AvgIpc) is 1.96. The van der Waals surface area contributed by atoms with Crippen molar-refractivity contribution in [3.8, 4) is 0 Å². The van der Waals surface area contributed by atoms with Gasteiger partial charge in [0.1, 0.15) is 6.04 Å². The summed E-state index contributed by atoms with van der Waals surface area (Å²) in [5, 5.41) is 0. The van der Waals surface area contributed by atoms with E-state index in [-0.39, 0.29) is 5.75 Å². The van der Waals surface area contributed by atoms with E-state index in [2.05, 4.69) is 0 Å². The molecule has 1 amide bonds. The molecule has 7 heteroatoms. The number of hydrogen-bond acceptors (Lipinski definition) is 4. The Hall–Kier alpha value is -0.660. The van der Waals surface area contributed by atoms with Crippen molar-refractivity contribution in [1.29, 1.82) is 0 Å². The van der Waals surface area contributed by atoms with E-state index in [1.54, 1.807) is 0 Å². The number of sulfonamides is 1. The van der Waals surface area contributed by atoms with E-state index in [0.29, 0.717) is 25.9 Å². The van der Waals surface area contributed by atoms with Crippen LogP contribution in [-0.4, -0.2) is 43.5 Å². The van der Waals surface area contributed by atoms with Crippen LogP contribution in [0.5, 0.6) is 0 Å². The molecule has 0 aromatic carbocycles. The van der Waals surface area contributed by atoms with Gasteiger partial charge < -0.3 is 11.5 Å². The first kappa shape index (κ1) is 11.4. The van der Waals surface area contributed by atoms with E-state index in [0.717, 1.165) is 4.31 Å². The second kappa shape index (κ2) is 4.24. The number of primary amides is 1. The molecule has 0 aromatic heterocycles. The van der Waals surface area contributed by atoms with Gasteiger partial charge in [-0.3, -0.25) is 4.79 Å². The maximum Gasteiger partial charge on any atom is 0.235 e. The van der Waals surface area contributed by atoms with Gasteiger partial charge in [0.25, 0.3) is 0 Å². The van der Waals surface area contributed by atoms with Crippen molar-refractivity contribution in [3.63, 3.8) is 0 Å². The third-order valence-corrected chi connectivity index (χ3v) is 4.22. The van der Waals surface area contributed by atoms with E-state index in [1.165, 1.54) is 0 Å². The van der Waals surface area contributed by atoms with E-state index in [1.807, 2.05) is 0 Å². The highest BCUT2D eigenvalue weighted by Gasteiger charge is 2.40. The van der Waals surface area contributed by atoms with Gasteiger partial charge in [-0.1, -0.05) is 0 Å². The lowest BCUT2D eigenvalue weighted by Gasteiger charge is -2.37. The van der Waals surface area contributed by atoms with E-state index >= 15 is 0 Å². The van der Waals surface area contributed by atoms with Crippen molar-refractivity contribution in [2.45, 2.75) is 18.9 Å². The fourth-order valence-electron chi connectivity index (χ4n) is 1.36. The topological polar surface area (TPSA) is 106 Å². The normalized spacial score (nSPS) is 23.1. The Morgan fingerprint density at radius 2 is 2.14 bits per heavy atom. The van der Waals surface area contributed by atoms with E-state index in [9.17, 15) is 13.2 Å². The highest BCUT2D eigenvalue weighted by Crippen LogP contribution is 2.21. The maximum absolute atomic E-state index is 11.5. The van der Waals surface area contributed by atoms with Crippen LogP contribution < -0.4 is 11.5 Å². The second-order valence-corrected chi connectivity index (χ2v) is 5.32. The van der Waals surface area contributed by atoms with Crippen LogP contribution in [0.2, 0.25) is 0 Å². The molecule has 6 nitrogen and oxygen atoms in total. The minimum absolute atomic E-state index is 0.00667. The molecule has 1 aliphatic rings. The van der Waals surface area contributed by atoms with Crippen molar-refractivity contribution in [3.05, 3.63) is 0 Å². The number of amides is 1. The first-order valence-corrected chi connectivity index (χ1v) is 6.09. The Morgan fingerprint density at radius 3 is 2.50 bits per heavy atom. The van der Waals surface area contributed by atoms with Crippen LogP contribution >= 0.6 is 0 Å². The highest BCUT2D eigenvalue weighted by atomic mass is 32.2. The van der Waals surface area contributed by atoms with Crippen molar-refractivity contribution >= 4 is 15.9 Å². The molecule has 1 rings (SSSR count). The lowest BCUT2D eigenvalue weighted by molar-refractivity contribution is -0.124. The van der Waals surface area contributed by atoms with Crippen molar-refractivity contribution in [2.24, 2.45) is 11.5 Å². The van der Waals surface area contributed by atoms with Crippen LogP contribution in [0.3, 0.4) is 0 Å². The molecule has 4 N–H and O–H groups in total. The molecule has 1 fully saturated rings. The smallest absolute Gasteiger partial charge is 0.235 e. The Morgan fingerprint density at radius 1 is 1.50 bits per heavy atom. The monoisotopic (exact) mass is 221 g/mol. The zero-order chi connectivity index (χ0) is 10.8. The zero-order valence-electron chi connectivity index (χ0n) is 7.85. The summed E-state index contributed by atoms with van der Waals surface area (Å²) in [6, 6.07) is -0.641. The minimum atomic E-state index is -3.33. The molecule has 0 aliphatic carbocycles. The van der Waals surface area contributed by atoms with Gasteiger partial charge in [-0.2, -0.15) is 4.31 Å². The predicted octanol–water partition coefficient (Wildman–Crippen LogP) is -1.78. The second-order valence-electron chi connectivity index (χ2n) is 3.28. The lowest BCUT2D eigenvalue weighted by atomic mass is 10.1. The number of carbonyl (C=O) groups excluding carboxylic acids is 1. The highest BCUT2D eigenvalue weighted by molar-refractivity contribution is 7.89. The summed E-state index contributed by atoms with van der Waals surface area (Å²) in [5.74, 6) is -0.583. The number of carbonyl (C=O) groups is 1. The summed E-state index contributed by atoms with van der Waals surface area (Å²) in [6.45, 7) is 0.717. The van der Waals surface area contributed by atoms with Gasteiger partial charge >= 0.3 is 0 Å². The molecule has 0 spiro atoms. The summed E-state index contributed by atoms with van der Waals surface area (Å²) in [5.41, 5.74) is 10.3. The van der Waals surface area contributed by atoms with Gasteiger partial charge in [0.2, 0.25) is 15.9 Å². The van der Waals surface area contributed by atoms with Crippen LogP contribution in [0.15, 0.2) is 0 Å². The van der Waals surface area contributed by atoms with Crippen LogP contribution in [0.25, 0.3) is 0 Å². The van der Waals surface area contributed by atoms with Crippen LogP contribution in [-0.2, 0) is 14.8 Å². The molecular weight excluding hydrogens is 206 g/mol. The minimum Gasteiger partial charge on any atom is -0.368 e. The Balaban J connectivity index is 2.60. The number of nitrogens with two attached hydrogens (primary N) is 2. The maximum atomic E-state index is 11.5. The summed E-state index contributed by atoms with van der Waals surface area (Å²) in [7, 11) is -3.33. The van der Waals surface area contributed by atoms with E-state index < -0.39 is 22.0 Å². The Kier molecular flexibility index (Phi) is 3.46. The van der Waals surface area contributed by atoms with Gasteiger partial charge in [-0.05, 0) is 19.4 Å². The van der Waals surface area contributed by atoms with E-state index in [4.69, 9.17) is 11.5 Å². The van der Waals surface area contributed by atoms with Crippen molar-refractivity contribution in [1.82, 2.24) is 4.31 Å². The van der Waals surface area contributed by atoms with Gasteiger partial charge in [0.05, 0.1) is 5.75 Å². The third-order valence-electron chi connectivity index (χ3n) is 2.26. The average molecular weight is 221 g/mol. The third kappa shape index (κ3) is 2.23. The molecule has 1 unspecified atom stereocenters. The standard InChI is InChI=1S/C7H15N3O3S/c8-3-1-5-14(12,13)10-4-2-6(10)7(9)11/h6H,1-5,8H2,(H2,9,11). The first-order chi connectivity index (χ1) is 6.49. The van der Waals surface area contributed by atoms with Crippen LogP contribution in [0, 0.1) is 0 Å². The quantitative estimate of drug-likeness (QED) is 0.572. The van der Waals surface area contributed by atoms with Gasteiger partial charge in [-0.25, -0.2) is 8.42 Å². The predicted molar refractivity (Wildman–Crippen MR) is 51.8 cm³/mol. The summed E-state index contributed by atoms with van der Waals surface area (Å²) >= 11 is 0. The molecule has 0 saturated carbocycles. The molecule has 0 bridgehead atoms.